The van der Waals surface area contributed by atoms with Gasteiger partial charge in [0.25, 0.3) is 0 Å². The van der Waals surface area contributed by atoms with Gasteiger partial charge in [0.1, 0.15) is 17.4 Å². The van der Waals surface area contributed by atoms with E-state index >= 15 is 0 Å². The Labute approximate surface area is 131 Å². The normalized spacial score (nSPS) is 17.6. The van der Waals surface area contributed by atoms with Gasteiger partial charge in [-0.2, -0.15) is 5.10 Å². The van der Waals surface area contributed by atoms with Gasteiger partial charge in [0.05, 0.1) is 13.7 Å². The second-order valence-electron chi connectivity index (χ2n) is 5.55. The second-order valence-corrected chi connectivity index (χ2v) is 5.55. The van der Waals surface area contributed by atoms with Gasteiger partial charge in [-0.25, -0.2) is 9.67 Å². The fraction of sp³-hybridized carbons (Fsp3) is 0.412. The summed E-state index contributed by atoms with van der Waals surface area (Å²) in [6.45, 7) is 3.69. The maximum absolute atomic E-state index is 5.34. The molecule has 5 heteroatoms. The van der Waals surface area contributed by atoms with Crippen molar-refractivity contribution in [2.75, 3.05) is 13.7 Å². The molecule has 0 fully saturated rings. The van der Waals surface area contributed by atoms with Crippen molar-refractivity contribution < 1.29 is 4.74 Å². The lowest BCUT2D eigenvalue weighted by Gasteiger charge is -2.23. The number of nitrogens with one attached hydrogen (secondary N) is 1. The lowest BCUT2D eigenvalue weighted by molar-refractivity contribution is 0.369. The smallest absolute Gasteiger partial charge is 0.147 e. The first-order valence-corrected chi connectivity index (χ1v) is 7.69. The van der Waals surface area contributed by atoms with E-state index in [0.717, 1.165) is 48.9 Å². The predicted octanol–water partition coefficient (Wildman–Crippen LogP) is 2.21. The SMILES string of the molecule is COc1ccccc1/C=C\CN[C@H]1CCc2nc(C)nn2C1. The lowest BCUT2D eigenvalue weighted by Crippen LogP contribution is -2.37. The maximum Gasteiger partial charge on any atom is 0.147 e. The van der Waals surface area contributed by atoms with Crippen LogP contribution in [0.2, 0.25) is 0 Å². The van der Waals surface area contributed by atoms with Gasteiger partial charge in [-0.1, -0.05) is 30.4 Å². The van der Waals surface area contributed by atoms with Gasteiger partial charge in [0.2, 0.25) is 0 Å². The molecule has 0 radical (unpaired) electrons. The number of nitrogens with zero attached hydrogens (tertiary/aromatic N) is 3. The molecule has 1 N–H and O–H groups in total. The summed E-state index contributed by atoms with van der Waals surface area (Å²) in [7, 11) is 1.70. The molecule has 1 aliphatic rings. The Kier molecular flexibility index (Phi) is 4.53. The van der Waals surface area contributed by atoms with Crippen LogP contribution in [0.15, 0.2) is 30.3 Å². The third-order valence-corrected chi connectivity index (χ3v) is 3.92. The highest BCUT2D eigenvalue weighted by molar-refractivity contribution is 5.57. The maximum atomic E-state index is 5.34. The van der Waals surface area contributed by atoms with E-state index in [4.69, 9.17) is 4.74 Å². The summed E-state index contributed by atoms with van der Waals surface area (Å²) in [5.74, 6) is 2.88. The van der Waals surface area contributed by atoms with Crippen LogP contribution in [0.3, 0.4) is 0 Å². The standard InChI is InChI=1S/C17H22N4O/c1-13-19-17-10-9-15(12-21(17)20-13)18-11-5-7-14-6-3-4-8-16(14)22-2/h3-8,15,18H,9-12H2,1-2H3/b7-5-/t15-/m0/s1. The molecule has 0 saturated heterocycles. The van der Waals surface area contributed by atoms with E-state index in [1.54, 1.807) is 7.11 Å². The van der Waals surface area contributed by atoms with Gasteiger partial charge in [0.15, 0.2) is 0 Å². The summed E-state index contributed by atoms with van der Waals surface area (Å²) < 4.78 is 7.37. The van der Waals surface area contributed by atoms with Crippen LogP contribution in [0.1, 0.15) is 23.6 Å². The molecule has 0 spiro atoms. The minimum Gasteiger partial charge on any atom is -0.496 e. The van der Waals surface area contributed by atoms with E-state index in [9.17, 15) is 0 Å². The number of rotatable bonds is 5. The Hall–Kier alpha value is -2.14. The Balaban J connectivity index is 1.52. The molecule has 2 heterocycles. The number of benzene rings is 1. The molecule has 1 aromatic heterocycles. The number of methoxy groups -OCH3 is 1. The molecule has 0 bridgehead atoms. The highest BCUT2D eigenvalue weighted by atomic mass is 16.5. The first-order valence-electron chi connectivity index (χ1n) is 7.69. The molecule has 116 valence electrons. The predicted molar refractivity (Wildman–Crippen MR) is 86.9 cm³/mol. The van der Waals surface area contributed by atoms with E-state index in [0.29, 0.717) is 6.04 Å². The number of hydrogen-bond donors (Lipinski definition) is 1. The topological polar surface area (TPSA) is 52.0 Å². The molecule has 3 rings (SSSR count). The van der Waals surface area contributed by atoms with Crippen LogP contribution in [0.4, 0.5) is 0 Å². The van der Waals surface area contributed by atoms with Crippen LogP contribution in [0, 0.1) is 6.92 Å². The average molecular weight is 298 g/mol. The van der Waals surface area contributed by atoms with Crippen LogP contribution in [-0.2, 0) is 13.0 Å². The summed E-state index contributed by atoms with van der Waals surface area (Å²) >= 11 is 0. The number of aromatic nitrogens is 3. The van der Waals surface area contributed by atoms with Crippen LogP contribution >= 0.6 is 0 Å². The van der Waals surface area contributed by atoms with Gasteiger partial charge in [0, 0.05) is 24.6 Å². The molecular weight excluding hydrogens is 276 g/mol. The minimum atomic E-state index is 0.455. The van der Waals surface area contributed by atoms with Gasteiger partial charge in [-0.05, 0) is 19.4 Å². The Bertz CT molecular complexity index is 662. The molecule has 1 atom stereocenters. The van der Waals surface area contributed by atoms with Gasteiger partial charge >= 0.3 is 0 Å². The molecule has 1 aliphatic heterocycles. The third-order valence-electron chi connectivity index (χ3n) is 3.92. The van der Waals surface area contributed by atoms with Crippen LogP contribution in [0.25, 0.3) is 6.08 Å². The summed E-state index contributed by atoms with van der Waals surface area (Å²) in [6.07, 6.45) is 6.34. The van der Waals surface area contributed by atoms with Gasteiger partial charge in [-0.15, -0.1) is 0 Å². The zero-order valence-electron chi connectivity index (χ0n) is 13.1. The zero-order valence-corrected chi connectivity index (χ0v) is 13.1. The molecule has 0 unspecified atom stereocenters. The van der Waals surface area contributed by atoms with Crippen LogP contribution in [0.5, 0.6) is 5.75 Å². The molecule has 0 aliphatic carbocycles. The fourth-order valence-corrected chi connectivity index (χ4v) is 2.83. The first kappa shape index (κ1) is 14.8. The highest BCUT2D eigenvalue weighted by Crippen LogP contribution is 2.18. The minimum absolute atomic E-state index is 0.455. The molecule has 2 aromatic rings. The number of hydrogen-bond acceptors (Lipinski definition) is 4. The van der Waals surface area contributed by atoms with Crippen molar-refractivity contribution in [2.45, 2.75) is 32.4 Å². The van der Waals surface area contributed by atoms with Crippen molar-refractivity contribution in [2.24, 2.45) is 0 Å². The largest absolute Gasteiger partial charge is 0.496 e. The second kappa shape index (κ2) is 6.75. The number of aryl methyl sites for hydroxylation is 2. The molecule has 1 aromatic carbocycles. The molecule has 5 nitrogen and oxygen atoms in total. The molecule has 22 heavy (non-hydrogen) atoms. The quantitative estimate of drug-likeness (QED) is 0.919. The van der Waals surface area contributed by atoms with E-state index in [1.807, 2.05) is 29.8 Å². The fourth-order valence-electron chi connectivity index (χ4n) is 2.83. The number of para-hydroxylation sites is 1. The lowest BCUT2D eigenvalue weighted by atomic mass is 10.1. The van der Waals surface area contributed by atoms with E-state index in [1.165, 1.54) is 0 Å². The van der Waals surface area contributed by atoms with E-state index < -0.39 is 0 Å². The molecule has 0 amide bonds. The Morgan fingerprint density at radius 1 is 1.41 bits per heavy atom. The Morgan fingerprint density at radius 2 is 2.27 bits per heavy atom. The number of ether oxygens (including phenoxy) is 1. The van der Waals surface area contributed by atoms with E-state index in [-0.39, 0.29) is 0 Å². The van der Waals surface area contributed by atoms with Crippen molar-refractivity contribution in [1.29, 1.82) is 0 Å². The number of fused-ring (bicyclic) bond motifs is 1. The van der Waals surface area contributed by atoms with Crippen LogP contribution < -0.4 is 10.1 Å². The van der Waals surface area contributed by atoms with E-state index in [2.05, 4.69) is 33.6 Å². The summed E-state index contributed by atoms with van der Waals surface area (Å²) in [6, 6.07) is 8.49. The van der Waals surface area contributed by atoms with Crippen molar-refractivity contribution >= 4 is 6.08 Å². The van der Waals surface area contributed by atoms with Crippen LogP contribution in [-0.4, -0.2) is 34.5 Å². The third kappa shape index (κ3) is 3.36. The van der Waals surface area contributed by atoms with Gasteiger partial charge in [-0.3, -0.25) is 0 Å². The Morgan fingerprint density at radius 3 is 3.14 bits per heavy atom. The van der Waals surface area contributed by atoms with Gasteiger partial charge < -0.3 is 10.1 Å². The highest BCUT2D eigenvalue weighted by Gasteiger charge is 2.19. The van der Waals surface area contributed by atoms with Crippen molar-refractivity contribution in [3.05, 3.63) is 47.6 Å². The monoisotopic (exact) mass is 298 g/mol. The van der Waals surface area contributed by atoms with Crippen molar-refractivity contribution in [3.63, 3.8) is 0 Å². The summed E-state index contributed by atoms with van der Waals surface area (Å²) in [5, 5.41) is 7.99. The average Bonchev–Trinajstić information content (AvgIpc) is 2.91. The summed E-state index contributed by atoms with van der Waals surface area (Å²) in [4.78, 5) is 4.44. The molecular formula is C17H22N4O. The van der Waals surface area contributed by atoms with Crippen molar-refractivity contribution in [1.82, 2.24) is 20.1 Å². The van der Waals surface area contributed by atoms with Crippen molar-refractivity contribution in [3.8, 4) is 5.75 Å². The molecule has 0 saturated carbocycles. The first-order chi connectivity index (χ1) is 10.8. The zero-order chi connectivity index (χ0) is 15.4. The summed E-state index contributed by atoms with van der Waals surface area (Å²) in [5.41, 5.74) is 1.10.